The van der Waals surface area contributed by atoms with Crippen molar-refractivity contribution in [1.29, 1.82) is 0 Å². The lowest BCUT2D eigenvalue weighted by Crippen LogP contribution is -2.27. The van der Waals surface area contributed by atoms with Crippen LogP contribution in [-0.2, 0) is 0 Å². The molecule has 4 heteroatoms. The van der Waals surface area contributed by atoms with Gasteiger partial charge in [-0.05, 0) is 43.7 Å². The molecule has 0 aliphatic carbocycles. The summed E-state index contributed by atoms with van der Waals surface area (Å²) in [6.07, 6.45) is 1.71. The first kappa shape index (κ1) is 13.1. The van der Waals surface area contributed by atoms with Crippen LogP contribution in [0.2, 0.25) is 0 Å². The molecule has 1 aromatic heterocycles. The standard InChI is InChI=1S/C15H17N3O/c1-10-6-7-12(9-13(10)16)15(19)18-11(2)14-5-3-4-8-17-14/h3-9,11H,16H2,1-2H3,(H,18,19)/t11-/m0/s1. The molecule has 0 saturated heterocycles. The Kier molecular flexibility index (Phi) is 3.80. The number of hydrogen-bond acceptors (Lipinski definition) is 3. The average molecular weight is 255 g/mol. The van der Waals surface area contributed by atoms with E-state index in [0.717, 1.165) is 11.3 Å². The van der Waals surface area contributed by atoms with Crippen molar-refractivity contribution in [1.82, 2.24) is 10.3 Å². The van der Waals surface area contributed by atoms with Crippen molar-refractivity contribution >= 4 is 11.6 Å². The molecule has 98 valence electrons. The second-order valence-electron chi connectivity index (χ2n) is 4.52. The third kappa shape index (κ3) is 3.10. The first-order valence-electron chi connectivity index (χ1n) is 6.16. The summed E-state index contributed by atoms with van der Waals surface area (Å²) < 4.78 is 0. The lowest BCUT2D eigenvalue weighted by Gasteiger charge is -2.13. The van der Waals surface area contributed by atoms with Crippen LogP contribution >= 0.6 is 0 Å². The van der Waals surface area contributed by atoms with E-state index in [1.165, 1.54) is 0 Å². The van der Waals surface area contributed by atoms with Crippen molar-refractivity contribution in [3.63, 3.8) is 0 Å². The second-order valence-corrected chi connectivity index (χ2v) is 4.52. The molecule has 0 unspecified atom stereocenters. The molecule has 4 nitrogen and oxygen atoms in total. The molecule has 3 N–H and O–H groups in total. The van der Waals surface area contributed by atoms with Gasteiger partial charge in [-0.15, -0.1) is 0 Å². The summed E-state index contributed by atoms with van der Waals surface area (Å²) in [5.41, 5.74) is 8.79. The first-order valence-corrected chi connectivity index (χ1v) is 6.16. The van der Waals surface area contributed by atoms with Gasteiger partial charge >= 0.3 is 0 Å². The van der Waals surface area contributed by atoms with Crippen molar-refractivity contribution in [3.8, 4) is 0 Å². The maximum absolute atomic E-state index is 12.1. The highest BCUT2D eigenvalue weighted by Gasteiger charge is 2.12. The Morgan fingerprint density at radius 3 is 2.74 bits per heavy atom. The van der Waals surface area contributed by atoms with Gasteiger partial charge in [0.2, 0.25) is 0 Å². The van der Waals surface area contributed by atoms with Crippen LogP contribution in [0.25, 0.3) is 0 Å². The van der Waals surface area contributed by atoms with Crippen molar-refractivity contribution in [2.75, 3.05) is 5.73 Å². The van der Waals surface area contributed by atoms with Gasteiger partial charge in [-0.25, -0.2) is 0 Å². The van der Waals surface area contributed by atoms with Gasteiger partial charge in [0.05, 0.1) is 11.7 Å². The predicted octanol–water partition coefficient (Wildman–Crippen LogP) is 2.46. The Labute approximate surface area is 112 Å². The van der Waals surface area contributed by atoms with E-state index < -0.39 is 0 Å². The SMILES string of the molecule is Cc1ccc(C(=O)N[C@@H](C)c2ccccn2)cc1N. The fourth-order valence-electron chi connectivity index (χ4n) is 1.77. The highest BCUT2D eigenvalue weighted by atomic mass is 16.1. The van der Waals surface area contributed by atoms with Gasteiger partial charge in [-0.3, -0.25) is 9.78 Å². The molecule has 1 atom stereocenters. The van der Waals surface area contributed by atoms with Crippen LogP contribution in [0.15, 0.2) is 42.6 Å². The molecule has 0 radical (unpaired) electrons. The van der Waals surface area contributed by atoms with Gasteiger partial charge < -0.3 is 11.1 Å². The third-order valence-electron chi connectivity index (χ3n) is 3.02. The quantitative estimate of drug-likeness (QED) is 0.828. The number of nitrogens with one attached hydrogen (secondary N) is 1. The van der Waals surface area contributed by atoms with Gasteiger partial charge in [-0.1, -0.05) is 12.1 Å². The van der Waals surface area contributed by atoms with Crippen LogP contribution in [0.1, 0.15) is 34.6 Å². The topological polar surface area (TPSA) is 68.0 Å². The van der Waals surface area contributed by atoms with Crippen LogP contribution in [0.3, 0.4) is 0 Å². The number of anilines is 1. The third-order valence-corrected chi connectivity index (χ3v) is 3.02. The number of amides is 1. The number of nitrogens with two attached hydrogens (primary N) is 1. The molecular weight excluding hydrogens is 238 g/mol. The molecule has 0 aliphatic rings. The van der Waals surface area contributed by atoms with Gasteiger partial charge in [-0.2, -0.15) is 0 Å². The van der Waals surface area contributed by atoms with Crippen LogP contribution < -0.4 is 11.1 Å². The first-order chi connectivity index (χ1) is 9.08. The molecule has 0 fully saturated rings. The maximum Gasteiger partial charge on any atom is 0.251 e. The molecule has 0 spiro atoms. The molecule has 1 amide bonds. The Morgan fingerprint density at radius 2 is 2.11 bits per heavy atom. The molecular formula is C15H17N3O. The molecule has 0 saturated carbocycles. The van der Waals surface area contributed by atoms with Crippen molar-refractivity contribution < 1.29 is 4.79 Å². The number of carbonyl (C=O) groups is 1. The number of carbonyl (C=O) groups excluding carboxylic acids is 1. The highest BCUT2D eigenvalue weighted by molar-refractivity contribution is 5.95. The minimum atomic E-state index is -0.148. The monoisotopic (exact) mass is 255 g/mol. The normalized spacial score (nSPS) is 11.9. The fraction of sp³-hybridized carbons (Fsp3) is 0.200. The van der Waals surface area contributed by atoms with E-state index in [4.69, 9.17) is 5.73 Å². The molecule has 1 heterocycles. The number of aromatic nitrogens is 1. The number of benzene rings is 1. The summed E-state index contributed by atoms with van der Waals surface area (Å²) >= 11 is 0. The molecule has 2 aromatic rings. The van der Waals surface area contributed by atoms with E-state index in [1.807, 2.05) is 38.1 Å². The fourth-order valence-corrected chi connectivity index (χ4v) is 1.77. The summed E-state index contributed by atoms with van der Waals surface area (Å²) in [6, 6.07) is 10.8. The molecule has 19 heavy (non-hydrogen) atoms. The van der Waals surface area contributed by atoms with Gasteiger partial charge in [0.1, 0.15) is 0 Å². The van der Waals surface area contributed by atoms with E-state index in [0.29, 0.717) is 11.3 Å². The lowest BCUT2D eigenvalue weighted by molar-refractivity contribution is 0.0939. The highest BCUT2D eigenvalue weighted by Crippen LogP contribution is 2.14. The van der Waals surface area contributed by atoms with Crippen molar-refractivity contribution in [3.05, 3.63) is 59.4 Å². The average Bonchev–Trinajstić information content (AvgIpc) is 2.42. The van der Waals surface area contributed by atoms with Crippen LogP contribution in [0.4, 0.5) is 5.69 Å². The second kappa shape index (κ2) is 5.52. The Balaban J connectivity index is 2.11. The van der Waals surface area contributed by atoms with Gasteiger partial charge in [0.25, 0.3) is 5.91 Å². The van der Waals surface area contributed by atoms with E-state index in [2.05, 4.69) is 10.3 Å². The molecule has 2 rings (SSSR count). The summed E-state index contributed by atoms with van der Waals surface area (Å²) in [7, 11) is 0. The Morgan fingerprint density at radius 1 is 1.32 bits per heavy atom. The zero-order valence-corrected chi connectivity index (χ0v) is 11.1. The van der Waals surface area contributed by atoms with E-state index in [9.17, 15) is 4.79 Å². The van der Waals surface area contributed by atoms with Crippen molar-refractivity contribution in [2.24, 2.45) is 0 Å². The summed E-state index contributed by atoms with van der Waals surface area (Å²) in [5.74, 6) is -0.148. The number of pyridine rings is 1. The smallest absolute Gasteiger partial charge is 0.251 e. The lowest BCUT2D eigenvalue weighted by atomic mass is 10.1. The van der Waals surface area contributed by atoms with E-state index in [1.54, 1.807) is 18.3 Å². The zero-order valence-electron chi connectivity index (χ0n) is 11.1. The number of aryl methyl sites for hydroxylation is 1. The van der Waals surface area contributed by atoms with Gasteiger partial charge in [0.15, 0.2) is 0 Å². The number of nitrogens with zero attached hydrogens (tertiary/aromatic N) is 1. The predicted molar refractivity (Wildman–Crippen MR) is 75.7 cm³/mol. The van der Waals surface area contributed by atoms with Crippen molar-refractivity contribution in [2.45, 2.75) is 19.9 Å². The largest absolute Gasteiger partial charge is 0.398 e. The Bertz CT molecular complexity index is 581. The summed E-state index contributed by atoms with van der Waals surface area (Å²) in [5, 5.41) is 2.90. The minimum Gasteiger partial charge on any atom is -0.398 e. The summed E-state index contributed by atoms with van der Waals surface area (Å²) in [6.45, 7) is 3.81. The van der Waals surface area contributed by atoms with Crippen LogP contribution in [0.5, 0.6) is 0 Å². The van der Waals surface area contributed by atoms with Crippen LogP contribution in [0, 0.1) is 6.92 Å². The number of rotatable bonds is 3. The Hall–Kier alpha value is -2.36. The van der Waals surface area contributed by atoms with Crippen LogP contribution in [-0.4, -0.2) is 10.9 Å². The minimum absolute atomic E-state index is 0.142. The van der Waals surface area contributed by atoms with Gasteiger partial charge in [0, 0.05) is 17.4 Å². The zero-order chi connectivity index (χ0) is 13.8. The number of nitrogen functional groups attached to an aromatic ring is 1. The molecule has 0 aliphatic heterocycles. The molecule has 0 bridgehead atoms. The summed E-state index contributed by atoms with van der Waals surface area (Å²) in [4.78, 5) is 16.3. The van der Waals surface area contributed by atoms with E-state index in [-0.39, 0.29) is 11.9 Å². The maximum atomic E-state index is 12.1. The number of hydrogen-bond donors (Lipinski definition) is 2. The molecule has 1 aromatic carbocycles. The van der Waals surface area contributed by atoms with E-state index >= 15 is 0 Å².